The van der Waals surface area contributed by atoms with Crippen LogP contribution in [0.15, 0.2) is 30.3 Å². The van der Waals surface area contributed by atoms with Crippen LogP contribution in [0.1, 0.15) is 38.2 Å². The summed E-state index contributed by atoms with van der Waals surface area (Å²) in [5, 5.41) is 11.3. The molecule has 1 aliphatic rings. The molecule has 0 aromatic heterocycles. The molecule has 1 heterocycles. The minimum atomic E-state index is -3.36. The first-order chi connectivity index (χ1) is 11.0. The van der Waals surface area contributed by atoms with Gasteiger partial charge in [0, 0.05) is 19.8 Å². The predicted octanol–water partition coefficient (Wildman–Crippen LogP) is 2.02. The molecule has 5 nitrogen and oxygen atoms in total. The van der Waals surface area contributed by atoms with Gasteiger partial charge in [-0.3, -0.25) is 0 Å². The van der Waals surface area contributed by atoms with Crippen molar-refractivity contribution in [3.05, 3.63) is 35.9 Å². The van der Waals surface area contributed by atoms with E-state index >= 15 is 0 Å². The van der Waals surface area contributed by atoms with Gasteiger partial charge in [-0.05, 0) is 30.7 Å². The van der Waals surface area contributed by atoms with Gasteiger partial charge in [0.05, 0.1) is 5.75 Å². The van der Waals surface area contributed by atoms with E-state index in [1.807, 2.05) is 37.3 Å². The summed E-state index contributed by atoms with van der Waals surface area (Å²) in [4.78, 5) is 0. The highest BCUT2D eigenvalue weighted by atomic mass is 32.2. The number of ether oxygens (including phenoxy) is 1. The number of rotatable bonds is 8. The number of nitrogens with one attached hydrogen (secondary N) is 1. The second kappa shape index (κ2) is 8.24. The highest BCUT2D eigenvalue weighted by Gasteiger charge is 2.39. The minimum absolute atomic E-state index is 0.00767. The molecule has 0 spiro atoms. The van der Waals surface area contributed by atoms with Crippen LogP contribution in [-0.2, 0) is 20.4 Å². The Kier molecular flexibility index (Phi) is 6.59. The number of hydrogen-bond acceptors (Lipinski definition) is 4. The molecule has 1 saturated heterocycles. The Hall–Kier alpha value is -0.950. The van der Waals surface area contributed by atoms with Crippen LogP contribution in [0.2, 0.25) is 0 Å². The van der Waals surface area contributed by atoms with Crippen molar-refractivity contribution in [1.29, 1.82) is 0 Å². The fraction of sp³-hybridized carbons (Fsp3) is 0.647. The van der Waals surface area contributed by atoms with Crippen molar-refractivity contribution < 1.29 is 18.3 Å². The lowest BCUT2D eigenvalue weighted by Crippen LogP contribution is -2.48. The molecule has 0 unspecified atom stereocenters. The normalized spacial score (nSPS) is 19.4. The van der Waals surface area contributed by atoms with E-state index < -0.39 is 15.6 Å². The Balaban J connectivity index is 2.17. The molecule has 2 N–H and O–H groups in total. The number of unbranched alkanes of at least 4 members (excludes halogenated alkanes) is 1. The zero-order valence-corrected chi connectivity index (χ0v) is 14.5. The van der Waals surface area contributed by atoms with Crippen molar-refractivity contribution in [2.45, 2.75) is 38.2 Å². The second-order valence-corrected chi connectivity index (χ2v) is 8.10. The highest BCUT2D eigenvalue weighted by Crippen LogP contribution is 2.35. The molecule has 23 heavy (non-hydrogen) atoms. The Morgan fingerprint density at radius 3 is 2.52 bits per heavy atom. The van der Waals surface area contributed by atoms with Gasteiger partial charge in [-0.2, -0.15) is 0 Å². The van der Waals surface area contributed by atoms with E-state index in [-0.39, 0.29) is 18.2 Å². The van der Waals surface area contributed by atoms with Crippen LogP contribution < -0.4 is 4.72 Å². The zero-order valence-electron chi connectivity index (χ0n) is 13.7. The average molecular weight is 341 g/mol. The van der Waals surface area contributed by atoms with E-state index in [9.17, 15) is 13.5 Å². The Morgan fingerprint density at radius 1 is 1.26 bits per heavy atom. The van der Waals surface area contributed by atoms with Crippen LogP contribution in [0, 0.1) is 5.92 Å². The van der Waals surface area contributed by atoms with E-state index in [1.54, 1.807) is 0 Å². The van der Waals surface area contributed by atoms with Gasteiger partial charge in [-0.1, -0.05) is 43.7 Å². The van der Waals surface area contributed by atoms with Gasteiger partial charge in [0.15, 0.2) is 0 Å². The summed E-state index contributed by atoms with van der Waals surface area (Å²) in [7, 11) is -3.36. The standard InChI is InChI=1S/C17H27NO4S/c1-2-3-13-23(20,21)18-14-17(19,15-7-5-4-6-8-15)16-9-11-22-12-10-16/h4-8,16,18-19H,2-3,9-14H2,1H3/t17-/m1/s1. The summed E-state index contributed by atoms with van der Waals surface area (Å²) >= 11 is 0. The monoisotopic (exact) mass is 341 g/mol. The van der Waals surface area contributed by atoms with Crippen LogP contribution >= 0.6 is 0 Å². The quantitative estimate of drug-likeness (QED) is 0.758. The van der Waals surface area contributed by atoms with Gasteiger partial charge in [0.1, 0.15) is 5.60 Å². The van der Waals surface area contributed by atoms with Crippen molar-refractivity contribution in [3.8, 4) is 0 Å². The highest BCUT2D eigenvalue weighted by molar-refractivity contribution is 7.89. The lowest BCUT2D eigenvalue weighted by atomic mass is 9.77. The van der Waals surface area contributed by atoms with Crippen molar-refractivity contribution >= 4 is 10.0 Å². The van der Waals surface area contributed by atoms with Gasteiger partial charge in [0.2, 0.25) is 10.0 Å². The smallest absolute Gasteiger partial charge is 0.211 e. The maximum atomic E-state index is 12.1. The molecule has 1 atom stereocenters. The van der Waals surface area contributed by atoms with Crippen molar-refractivity contribution in [1.82, 2.24) is 4.72 Å². The molecule has 0 amide bonds. The third-order valence-corrected chi connectivity index (χ3v) is 5.91. The van der Waals surface area contributed by atoms with E-state index in [0.29, 0.717) is 19.6 Å². The largest absolute Gasteiger partial charge is 0.383 e. The van der Waals surface area contributed by atoms with Gasteiger partial charge in [-0.15, -0.1) is 0 Å². The summed E-state index contributed by atoms with van der Waals surface area (Å²) in [6.45, 7) is 3.16. The number of aliphatic hydroxyl groups is 1. The van der Waals surface area contributed by atoms with Crippen LogP contribution in [0.4, 0.5) is 0 Å². The molecule has 1 aromatic rings. The maximum Gasteiger partial charge on any atom is 0.211 e. The first-order valence-electron chi connectivity index (χ1n) is 8.31. The molecule has 6 heteroatoms. The molecule has 0 bridgehead atoms. The molecule has 130 valence electrons. The van der Waals surface area contributed by atoms with E-state index in [1.165, 1.54) is 0 Å². The Morgan fingerprint density at radius 2 is 1.91 bits per heavy atom. The lowest BCUT2D eigenvalue weighted by Gasteiger charge is -2.39. The van der Waals surface area contributed by atoms with Crippen molar-refractivity contribution in [3.63, 3.8) is 0 Å². The molecule has 0 radical (unpaired) electrons. The Labute approximate surface area is 139 Å². The first-order valence-corrected chi connectivity index (χ1v) is 9.96. The van der Waals surface area contributed by atoms with Gasteiger partial charge in [0.25, 0.3) is 0 Å². The van der Waals surface area contributed by atoms with E-state index in [4.69, 9.17) is 4.74 Å². The van der Waals surface area contributed by atoms with Gasteiger partial charge < -0.3 is 9.84 Å². The topological polar surface area (TPSA) is 75.6 Å². The van der Waals surface area contributed by atoms with Gasteiger partial charge in [-0.25, -0.2) is 13.1 Å². The molecule has 0 aliphatic carbocycles. The van der Waals surface area contributed by atoms with Crippen LogP contribution in [0.5, 0.6) is 0 Å². The molecule has 1 aromatic carbocycles. The summed E-state index contributed by atoms with van der Waals surface area (Å²) < 4.78 is 32.2. The number of benzene rings is 1. The van der Waals surface area contributed by atoms with Crippen LogP contribution in [0.3, 0.4) is 0 Å². The molecular formula is C17H27NO4S. The van der Waals surface area contributed by atoms with Crippen LogP contribution in [0.25, 0.3) is 0 Å². The SMILES string of the molecule is CCCCS(=O)(=O)NC[C@@](O)(c1ccccc1)C1CCOCC1. The number of hydrogen-bond donors (Lipinski definition) is 2. The second-order valence-electron chi connectivity index (χ2n) is 6.17. The van der Waals surface area contributed by atoms with Crippen molar-refractivity contribution in [2.75, 3.05) is 25.5 Å². The number of sulfonamides is 1. The molecule has 1 fully saturated rings. The zero-order chi connectivity index (χ0) is 16.8. The molecule has 0 saturated carbocycles. The average Bonchev–Trinajstić information content (AvgIpc) is 2.59. The summed E-state index contributed by atoms with van der Waals surface area (Å²) in [5.41, 5.74) is -0.449. The minimum Gasteiger partial charge on any atom is -0.383 e. The molecule has 1 aliphatic heterocycles. The first kappa shape index (κ1) is 18.4. The summed E-state index contributed by atoms with van der Waals surface area (Å²) in [5.74, 6) is 0.0785. The predicted molar refractivity (Wildman–Crippen MR) is 90.6 cm³/mol. The fourth-order valence-electron chi connectivity index (χ4n) is 3.01. The van der Waals surface area contributed by atoms with E-state index in [0.717, 1.165) is 24.8 Å². The van der Waals surface area contributed by atoms with Crippen LogP contribution in [-0.4, -0.2) is 39.0 Å². The van der Waals surface area contributed by atoms with E-state index in [2.05, 4.69) is 4.72 Å². The third kappa shape index (κ3) is 5.01. The summed E-state index contributed by atoms with van der Waals surface area (Å²) in [6.07, 6.45) is 2.89. The summed E-state index contributed by atoms with van der Waals surface area (Å²) in [6, 6.07) is 9.33. The lowest BCUT2D eigenvalue weighted by molar-refractivity contribution is -0.0663. The third-order valence-electron chi connectivity index (χ3n) is 4.50. The van der Waals surface area contributed by atoms with Gasteiger partial charge >= 0.3 is 0 Å². The maximum absolute atomic E-state index is 12.1. The Bertz CT molecular complexity index is 570. The molecular weight excluding hydrogens is 314 g/mol. The fourth-order valence-corrected chi connectivity index (χ4v) is 4.26. The van der Waals surface area contributed by atoms with Crippen molar-refractivity contribution in [2.24, 2.45) is 5.92 Å². The molecule has 2 rings (SSSR count).